The van der Waals surface area contributed by atoms with E-state index in [9.17, 15) is 0 Å². The van der Waals surface area contributed by atoms with Crippen LogP contribution in [0, 0.1) is 10.5 Å². The molecule has 0 N–H and O–H groups in total. The van der Waals surface area contributed by atoms with E-state index in [0.717, 1.165) is 0 Å². The van der Waals surface area contributed by atoms with Crippen LogP contribution in [0.5, 0.6) is 0 Å². The Bertz CT molecular complexity index is 275. The Balaban J connectivity index is 2.50. The molecule has 0 saturated heterocycles. The van der Waals surface area contributed by atoms with E-state index >= 15 is 0 Å². The fourth-order valence-electron chi connectivity index (χ4n) is 1.77. The highest BCUT2D eigenvalue weighted by Crippen LogP contribution is 2.23. The lowest BCUT2D eigenvalue weighted by Gasteiger charge is -2.16. The molecule has 2 heteroatoms. The van der Waals surface area contributed by atoms with Gasteiger partial charge in [-0.05, 0) is 54.8 Å². The Morgan fingerprint density at radius 1 is 1.45 bits per heavy atom. The van der Waals surface area contributed by atoms with Crippen LogP contribution in [-0.2, 0) is 13.0 Å². The fraction of sp³-hybridized carbons (Fsp3) is 0.556. The van der Waals surface area contributed by atoms with Gasteiger partial charge < -0.3 is 4.57 Å². The van der Waals surface area contributed by atoms with Crippen LogP contribution < -0.4 is 0 Å². The Morgan fingerprint density at radius 3 is 3.00 bits per heavy atom. The molecule has 1 aromatic heterocycles. The van der Waals surface area contributed by atoms with Crippen molar-refractivity contribution >= 4 is 22.6 Å². The summed E-state index contributed by atoms with van der Waals surface area (Å²) in [6.07, 6.45) is 4.02. The molecule has 0 amide bonds. The average molecular weight is 261 g/mol. The second kappa shape index (κ2) is 2.81. The first-order valence-electron chi connectivity index (χ1n) is 4.13. The van der Waals surface area contributed by atoms with Crippen LogP contribution in [0.4, 0.5) is 0 Å². The number of aryl methyl sites for hydroxylation is 1. The Morgan fingerprint density at radius 2 is 2.27 bits per heavy atom. The highest BCUT2D eigenvalue weighted by Gasteiger charge is 2.12. The number of fused-ring (bicyclic) bond motifs is 1. The monoisotopic (exact) mass is 261 g/mol. The predicted molar refractivity (Wildman–Crippen MR) is 54.8 cm³/mol. The maximum absolute atomic E-state index is 2.46. The second-order valence-corrected chi connectivity index (χ2v) is 4.34. The van der Waals surface area contributed by atoms with E-state index in [1.54, 1.807) is 0 Å². The summed E-state index contributed by atoms with van der Waals surface area (Å²) in [5.41, 5.74) is 3.00. The molecule has 11 heavy (non-hydrogen) atoms. The van der Waals surface area contributed by atoms with Crippen LogP contribution in [-0.4, -0.2) is 4.57 Å². The molecule has 0 aromatic carbocycles. The van der Waals surface area contributed by atoms with Gasteiger partial charge >= 0.3 is 0 Å². The first kappa shape index (κ1) is 7.65. The van der Waals surface area contributed by atoms with E-state index in [0.29, 0.717) is 0 Å². The quantitative estimate of drug-likeness (QED) is 0.633. The lowest BCUT2D eigenvalue weighted by Crippen LogP contribution is -2.10. The van der Waals surface area contributed by atoms with Crippen molar-refractivity contribution < 1.29 is 0 Å². The average Bonchev–Trinajstić information content (AvgIpc) is 2.30. The number of nitrogens with zero attached hydrogens (tertiary/aromatic N) is 1. The zero-order valence-corrected chi connectivity index (χ0v) is 8.89. The van der Waals surface area contributed by atoms with Crippen molar-refractivity contribution in [1.29, 1.82) is 0 Å². The van der Waals surface area contributed by atoms with Gasteiger partial charge in [-0.1, -0.05) is 0 Å². The first-order chi connectivity index (χ1) is 5.29. The van der Waals surface area contributed by atoms with Crippen molar-refractivity contribution in [2.24, 2.45) is 0 Å². The maximum atomic E-state index is 2.46. The van der Waals surface area contributed by atoms with E-state index in [-0.39, 0.29) is 0 Å². The molecule has 1 aromatic rings. The molecule has 0 bridgehead atoms. The molecule has 0 spiro atoms. The molecule has 0 fully saturated rings. The summed E-state index contributed by atoms with van der Waals surface area (Å²) >= 11 is 2.42. The lowest BCUT2D eigenvalue weighted by atomic mass is 10.1. The van der Waals surface area contributed by atoms with Crippen LogP contribution >= 0.6 is 22.6 Å². The molecule has 60 valence electrons. The summed E-state index contributed by atoms with van der Waals surface area (Å²) < 4.78 is 3.89. The van der Waals surface area contributed by atoms with E-state index in [2.05, 4.69) is 40.1 Å². The summed E-state index contributed by atoms with van der Waals surface area (Å²) in [6, 6.07) is 2.33. The zero-order valence-electron chi connectivity index (χ0n) is 6.73. The third-order valence-electron chi connectivity index (χ3n) is 2.46. The summed E-state index contributed by atoms with van der Waals surface area (Å²) in [5.74, 6) is 0. The van der Waals surface area contributed by atoms with Crippen LogP contribution in [0.2, 0.25) is 0 Å². The molecular formula is C9H12IN. The van der Waals surface area contributed by atoms with Gasteiger partial charge in [0.1, 0.15) is 0 Å². The van der Waals surface area contributed by atoms with Gasteiger partial charge in [0.05, 0.1) is 0 Å². The van der Waals surface area contributed by atoms with Gasteiger partial charge in [0, 0.05) is 21.5 Å². The molecule has 0 saturated carbocycles. The minimum Gasteiger partial charge on any atom is -0.348 e. The number of halogens is 1. The molecule has 1 aliphatic rings. The topological polar surface area (TPSA) is 4.93 Å². The normalized spacial score (nSPS) is 16.5. The maximum Gasteiger partial charge on any atom is 0.0339 e. The summed E-state index contributed by atoms with van der Waals surface area (Å²) in [5, 5.41) is 0. The van der Waals surface area contributed by atoms with Gasteiger partial charge in [-0.25, -0.2) is 0 Å². The minimum atomic E-state index is 1.24. The van der Waals surface area contributed by atoms with Gasteiger partial charge in [-0.3, -0.25) is 0 Å². The highest BCUT2D eigenvalue weighted by atomic mass is 127. The highest BCUT2D eigenvalue weighted by molar-refractivity contribution is 14.1. The van der Waals surface area contributed by atoms with Gasteiger partial charge in [0.25, 0.3) is 0 Å². The molecule has 1 aliphatic heterocycles. The minimum absolute atomic E-state index is 1.24. The van der Waals surface area contributed by atoms with Crippen molar-refractivity contribution in [2.45, 2.75) is 32.7 Å². The molecule has 1 nitrogen and oxygen atoms in total. The van der Waals surface area contributed by atoms with Crippen molar-refractivity contribution in [2.75, 3.05) is 0 Å². The van der Waals surface area contributed by atoms with Gasteiger partial charge in [-0.2, -0.15) is 0 Å². The second-order valence-electron chi connectivity index (χ2n) is 3.18. The molecular weight excluding hydrogens is 249 g/mol. The zero-order chi connectivity index (χ0) is 7.84. The largest absolute Gasteiger partial charge is 0.348 e. The van der Waals surface area contributed by atoms with Crippen LogP contribution in [0.15, 0.2) is 6.07 Å². The standard InChI is InChI=1S/C9H12IN/c1-7-9(10)6-8-4-2-3-5-11(7)8/h6H,2-5H2,1H3. The Labute approximate surface area is 80.9 Å². The molecule has 2 heterocycles. The fourth-order valence-corrected chi connectivity index (χ4v) is 2.42. The first-order valence-corrected chi connectivity index (χ1v) is 5.21. The van der Waals surface area contributed by atoms with Gasteiger partial charge in [-0.15, -0.1) is 0 Å². The summed E-state index contributed by atoms with van der Waals surface area (Å²) in [6.45, 7) is 3.46. The third kappa shape index (κ3) is 1.21. The van der Waals surface area contributed by atoms with Crippen molar-refractivity contribution in [1.82, 2.24) is 4.57 Å². The van der Waals surface area contributed by atoms with Gasteiger partial charge in [0.2, 0.25) is 0 Å². The number of aromatic nitrogens is 1. The Hall–Kier alpha value is 0.01000. The molecule has 0 atom stereocenters. The third-order valence-corrected chi connectivity index (χ3v) is 3.55. The van der Waals surface area contributed by atoms with Crippen molar-refractivity contribution in [3.05, 3.63) is 21.0 Å². The molecule has 0 aliphatic carbocycles. The van der Waals surface area contributed by atoms with Crippen molar-refractivity contribution in [3.63, 3.8) is 0 Å². The summed E-state index contributed by atoms with van der Waals surface area (Å²) in [7, 11) is 0. The van der Waals surface area contributed by atoms with Crippen molar-refractivity contribution in [3.8, 4) is 0 Å². The SMILES string of the molecule is Cc1c(I)cc2n1CCCC2. The summed E-state index contributed by atoms with van der Waals surface area (Å²) in [4.78, 5) is 0. The van der Waals surface area contributed by atoms with E-state index < -0.39 is 0 Å². The molecule has 0 radical (unpaired) electrons. The predicted octanol–water partition coefficient (Wildman–Crippen LogP) is 2.74. The van der Waals surface area contributed by atoms with E-state index in [1.165, 1.54) is 40.8 Å². The van der Waals surface area contributed by atoms with Crippen LogP contribution in [0.1, 0.15) is 24.2 Å². The molecule has 0 unspecified atom stereocenters. The van der Waals surface area contributed by atoms with Crippen LogP contribution in [0.25, 0.3) is 0 Å². The lowest BCUT2D eigenvalue weighted by molar-refractivity contribution is 0.524. The number of hydrogen-bond acceptors (Lipinski definition) is 0. The number of rotatable bonds is 0. The van der Waals surface area contributed by atoms with E-state index in [4.69, 9.17) is 0 Å². The van der Waals surface area contributed by atoms with E-state index in [1.807, 2.05) is 0 Å². The smallest absolute Gasteiger partial charge is 0.0339 e. The Kier molecular flexibility index (Phi) is 1.95. The molecule has 2 rings (SSSR count). The van der Waals surface area contributed by atoms with Crippen LogP contribution in [0.3, 0.4) is 0 Å². The number of hydrogen-bond donors (Lipinski definition) is 0. The van der Waals surface area contributed by atoms with Gasteiger partial charge in [0.15, 0.2) is 0 Å².